The molecule has 1 aliphatic carbocycles. The first kappa shape index (κ1) is 15.6. The molecule has 1 aromatic carbocycles. The number of esters is 1. The number of halogens is 1. The number of furan rings is 1. The highest BCUT2D eigenvalue weighted by Gasteiger charge is 2.31. The van der Waals surface area contributed by atoms with E-state index in [0.717, 1.165) is 12.8 Å². The van der Waals surface area contributed by atoms with Gasteiger partial charge in [-0.05, 0) is 43.9 Å². The Balaban J connectivity index is 1.78. The SMILES string of the molecule is C[C@@H](OC(=O)c1ccc(-c2ccc([N+](=O)[O-])cc2Cl)o1)C1CC1. The molecule has 1 saturated carbocycles. The van der Waals surface area contributed by atoms with Crippen LogP contribution in [0.4, 0.5) is 5.69 Å². The molecule has 2 aromatic rings. The zero-order valence-electron chi connectivity index (χ0n) is 12.3. The number of nitro benzene ring substituents is 1. The molecular formula is C16H14ClNO5. The van der Waals surface area contributed by atoms with Gasteiger partial charge in [0.05, 0.1) is 9.95 Å². The highest BCUT2D eigenvalue weighted by Crippen LogP contribution is 2.35. The van der Waals surface area contributed by atoms with E-state index in [9.17, 15) is 14.9 Å². The van der Waals surface area contributed by atoms with Gasteiger partial charge in [-0.3, -0.25) is 10.1 Å². The van der Waals surface area contributed by atoms with Crippen molar-refractivity contribution in [3.8, 4) is 11.3 Å². The van der Waals surface area contributed by atoms with Crippen molar-refractivity contribution in [2.24, 2.45) is 5.92 Å². The summed E-state index contributed by atoms with van der Waals surface area (Å²) in [7, 11) is 0. The van der Waals surface area contributed by atoms with E-state index in [-0.39, 0.29) is 22.6 Å². The Bertz CT molecular complexity index is 766. The predicted molar refractivity (Wildman–Crippen MR) is 83.4 cm³/mol. The number of rotatable bonds is 5. The molecule has 6 nitrogen and oxygen atoms in total. The lowest BCUT2D eigenvalue weighted by Gasteiger charge is -2.10. The van der Waals surface area contributed by atoms with Gasteiger partial charge >= 0.3 is 5.97 Å². The van der Waals surface area contributed by atoms with Crippen LogP contribution in [0.2, 0.25) is 5.02 Å². The van der Waals surface area contributed by atoms with E-state index in [1.54, 1.807) is 6.07 Å². The molecule has 0 N–H and O–H groups in total. The van der Waals surface area contributed by atoms with Crippen LogP contribution >= 0.6 is 11.6 Å². The lowest BCUT2D eigenvalue weighted by molar-refractivity contribution is -0.384. The number of ether oxygens (including phenoxy) is 1. The Morgan fingerprint density at radius 1 is 1.39 bits per heavy atom. The Kier molecular flexibility index (Phi) is 4.09. The first-order valence-corrected chi connectivity index (χ1v) is 7.58. The van der Waals surface area contributed by atoms with Gasteiger partial charge in [0.1, 0.15) is 11.9 Å². The summed E-state index contributed by atoms with van der Waals surface area (Å²) in [5, 5.41) is 10.9. The van der Waals surface area contributed by atoms with E-state index in [2.05, 4.69) is 0 Å². The van der Waals surface area contributed by atoms with E-state index in [1.165, 1.54) is 24.3 Å². The van der Waals surface area contributed by atoms with Crippen LogP contribution in [0.1, 0.15) is 30.3 Å². The van der Waals surface area contributed by atoms with Crippen molar-refractivity contribution in [2.45, 2.75) is 25.9 Å². The lowest BCUT2D eigenvalue weighted by Crippen LogP contribution is -2.16. The molecule has 120 valence electrons. The van der Waals surface area contributed by atoms with Gasteiger partial charge in [0.25, 0.3) is 5.69 Å². The third-order valence-corrected chi connectivity index (χ3v) is 4.13. The summed E-state index contributed by atoms with van der Waals surface area (Å²) in [6, 6.07) is 7.16. The van der Waals surface area contributed by atoms with Crippen LogP contribution in [0, 0.1) is 16.0 Å². The highest BCUT2D eigenvalue weighted by atomic mass is 35.5. The molecule has 3 rings (SSSR count). The second kappa shape index (κ2) is 6.04. The molecule has 0 radical (unpaired) electrons. The number of carbonyl (C=O) groups excluding carboxylic acids is 1. The number of hydrogen-bond acceptors (Lipinski definition) is 5. The second-order valence-corrected chi connectivity index (χ2v) is 5.94. The molecule has 1 aliphatic rings. The van der Waals surface area contributed by atoms with Crippen LogP contribution in [0.25, 0.3) is 11.3 Å². The van der Waals surface area contributed by atoms with Crippen molar-refractivity contribution in [1.82, 2.24) is 0 Å². The van der Waals surface area contributed by atoms with Crippen molar-refractivity contribution >= 4 is 23.3 Å². The molecule has 1 fully saturated rings. The van der Waals surface area contributed by atoms with Gasteiger partial charge in [-0.2, -0.15) is 0 Å². The topological polar surface area (TPSA) is 82.6 Å². The quantitative estimate of drug-likeness (QED) is 0.457. The van der Waals surface area contributed by atoms with Crippen LogP contribution in [0.3, 0.4) is 0 Å². The number of non-ortho nitro benzene ring substituents is 1. The molecule has 0 saturated heterocycles. The van der Waals surface area contributed by atoms with E-state index in [4.69, 9.17) is 20.8 Å². The first-order chi connectivity index (χ1) is 11.0. The number of benzene rings is 1. The van der Waals surface area contributed by atoms with Gasteiger partial charge in [0, 0.05) is 17.7 Å². The number of nitro groups is 1. The fourth-order valence-corrected chi connectivity index (χ4v) is 2.57. The average Bonchev–Trinajstić information content (AvgIpc) is 3.25. The fraction of sp³-hybridized carbons (Fsp3) is 0.312. The minimum absolute atomic E-state index is 0.0851. The maximum absolute atomic E-state index is 12.0. The summed E-state index contributed by atoms with van der Waals surface area (Å²) in [5.74, 6) is 0.365. The van der Waals surface area contributed by atoms with Crippen molar-refractivity contribution in [3.05, 3.63) is 51.2 Å². The number of hydrogen-bond donors (Lipinski definition) is 0. The predicted octanol–water partition coefficient (Wildman–Crippen LogP) is 4.46. The Morgan fingerprint density at radius 2 is 2.13 bits per heavy atom. The number of carbonyl (C=O) groups is 1. The molecule has 0 spiro atoms. The third-order valence-electron chi connectivity index (χ3n) is 3.81. The van der Waals surface area contributed by atoms with Crippen LogP contribution < -0.4 is 0 Å². The summed E-state index contributed by atoms with van der Waals surface area (Å²) in [5.41, 5.74) is 0.370. The maximum atomic E-state index is 12.0. The summed E-state index contributed by atoms with van der Waals surface area (Å²) in [4.78, 5) is 22.2. The first-order valence-electron chi connectivity index (χ1n) is 7.21. The number of nitrogens with zero attached hydrogens (tertiary/aromatic N) is 1. The van der Waals surface area contributed by atoms with Gasteiger partial charge in [0.2, 0.25) is 5.76 Å². The molecule has 0 bridgehead atoms. The normalized spacial score (nSPS) is 15.2. The maximum Gasteiger partial charge on any atom is 0.374 e. The summed E-state index contributed by atoms with van der Waals surface area (Å²) in [6.45, 7) is 1.87. The molecule has 7 heteroatoms. The van der Waals surface area contributed by atoms with Gasteiger partial charge in [0.15, 0.2) is 0 Å². The monoisotopic (exact) mass is 335 g/mol. The van der Waals surface area contributed by atoms with E-state index in [0.29, 0.717) is 17.2 Å². The van der Waals surface area contributed by atoms with Gasteiger partial charge in [-0.25, -0.2) is 4.79 Å². The van der Waals surface area contributed by atoms with Crippen LogP contribution in [0.5, 0.6) is 0 Å². The minimum atomic E-state index is -0.528. The van der Waals surface area contributed by atoms with E-state index >= 15 is 0 Å². The molecule has 1 atom stereocenters. The Hall–Kier alpha value is -2.34. The van der Waals surface area contributed by atoms with Gasteiger partial charge < -0.3 is 9.15 Å². The zero-order valence-corrected chi connectivity index (χ0v) is 13.1. The molecule has 0 unspecified atom stereocenters. The minimum Gasteiger partial charge on any atom is -0.457 e. The van der Waals surface area contributed by atoms with E-state index < -0.39 is 10.9 Å². The molecule has 0 aliphatic heterocycles. The summed E-state index contributed by atoms with van der Waals surface area (Å²) in [6.07, 6.45) is 2.03. The second-order valence-electron chi connectivity index (χ2n) is 5.53. The molecule has 1 aromatic heterocycles. The van der Waals surface area contributed by atoms with Crippen molar-refractivity contribution in [2.75, 3.05) is 0 Å². The molecule has 1 heterocycles. The molecule has 23 heavy (non-hydrogen) atoms. The van der Waals surface area contributed by atoms with Crippen LogP contribution in [0.15, 0.2) is 34.7 Å². The van der Waals surface area contributed by atoms with Gasteiger partial charge in [-0.1, -0.05) is 11.6 Å². The van der Waals surface area contributed by atoms with Crippen molar-refractivity contribution in [3.63, 3.8) is 0 Å². The summed E-state index contributed by atoms with van der Waals surface area (Å²) >= 11 is 6.05. The lowest BCUT2D eigenvalue weighted by atomic mass is 10.1. The van der Waals surface area contributed by atoms with Gasteiger partial charge in [-0.15, -0.1) is 0 Å². The third kappa shape index (κ3) is 3.37. The van der Waals surface area contributed by atoms with Crippen molar-refractivity contribution < 1.29 is 18.9 Å². The zero-order chi connectivity index (χ0) is 16.6. The summed E-state index contributed by atoms with van der Waals surface area (Å²) < 4.78 is 10.8. The molecular weight excluding hydrogens is 322 g/mol. The fourth-order valence-electron chi connectivity index (χ4n) is 2.30. The van der Waals surface area contributed by atoms with E-state index in [1.807, 2.05) is 6.92 Å². The Morgan fingerprint density at radius 3 is 2.74 bits per heavy atom. The molecule has 0 amide bonds. The van der Waals surface area contributed by atoms with Crippen molar-refractivity contribution in [1.29, 1.82) is 0 Å². The van der Waals surface area contributed by atoms with Crippen LogP contribution in [-0.4, -0.2) is 17.0 Å². The standard InChI is InChI=1S/C16H14ClNO5/c1-9(10-2-3-10)22-16(19)15-7-6-14(23-15)12-5-4-11(18(20)21)8-13(12)17/h4-10H,2-3H2,1H3/t9-/m1/s1. The average molecular weight is 336 g/mol. The van der Waals surface area contributed by atoms with Crippen LogP contribution in [-0.2, 0) is 4.74 Å². The largest absolute Gasteiger partial charge is 0.457 e. The highest BCUT2D eigenvalue weighted by molar-refractivity contribution is 6.33. The Labute approximate surface area is 137 Å². The smallest absolute Gasteiger partial charge is 0.374 e.